The number of morpholine rings is 1. The number of carbonyl (C=O) groups is 1. The van der Waals surface area contributed by atoms with Crippen molar-refractivity contribution in [2.24, 2.45) is 5.92 Å². The van der Waals surface area contributed by atoms with Gasteiger partial charge in [-0.3, -0.25) is 9.69 Å². The van der Waals surface area contributed by atoms with Gasteiger partial charge in [0.25, 0.3) is 5.91 Å². The molecule has 0 saturated carbocycles. The highest BCUT2D eigenvalue weighted by Crippen LogP contribution is 2.14. The summed E-state index contributed by atoms with van der Waals surface area (Å²) in [6.07, 6.45) is 1.04. The van der Waals surface area contributed by atoms with Crippen molar-refractivity contribution in [1.29, 1.82) is 0 Å². The van der Waals surface area contributed by atoms with E-state index in [2.05, 4.69) is 54.4 Å². The highest BCUT2D eigenvalue weighted by Gasteiger charge is 2.13. The lowest BCUT2D eigenvalue weighted by Crippen LogP contribution is -2.36. The van der Waals surface area contributed by atoms with Crippen LogP contribution < -0.4 is 5.32 Å². The van der Waals surface area contributed by atoms with E-state index in [0.29, 0.717) is 18.0 Å². The van der Waals surface area contributed by atoms with E-state index in [9.17, 15) is 4.79 Å². The number of amides is 1. The summed E-state index contributed by atoms with van der Waals surface area (Å²) >= 11 is 0. The van der Waals surface area contributed by atoms with Crippen molar-refractivity contribution in [2.75, 3.05) is 26.3 Å². The fourth-order valence-corrected chi connectivity index (χ4v) is 3.43. The Bertz CT molecular complexity index is 734. The largest absolute Gasteiger partial charge is 0.379 e. The molecule has 4 heteroatoms. The highest BCUT2D eigenvalue weighted by atomic mass is 16.5. The van der Waals surface area contributed by atoms with Crippen LogP contribution in [0.2, 0.25) is 0 Å². The van der Waals surface area contributed by atoms with Crippen molar-refractivity contribution in [1.82, 2.24) is 10.2 Å². The monoisotopic (exact) mass is 366 g/mol. The van der Waals surface area contributed by atoms with Crippen LogP contribution in [0, 0.1) is 5.92 Å². The summed E-state index contributed by atoms with van der Waals surface area (Å²) < 4.78 is 5.43. The van der Waals surface area contributed by atoms with Crippen molar-refractivity contribution in [3.63, 3.8) is 0 Å². The summed E-state index contributed by atoms with van der Waals surface area (Å²) in [5.41, 5.74) is 4.44. The molecule has 0 atom stereocenters. The predicted molar refractivity (Wildman–Crippen MR) is 109 cm³/mol. The molecule has 2 aromatic rings. The number of nitrogens with zero attached hydrogens (tertiary/aromatic N) is 1. The van der Waals surface area contributed by atoms with E-state index in [-0.39, 0.29) is 5.91 Å². The molecule has 1 fully saturated rings. The Morgan fingerprint density at radius 1 is 1.04 bits per heavy atom. The average Bonchev–Trinajstić information content (AvgIpc) is 2.68. The third-order valence-electron chi connectivity index (χ3n) is 4.92. The van der Waals surface area contributed by atoms with Crippen LogP contribution in [-0.2, 0) is 24.2 Å². The fraction of sp³-hybridized carbons (Fsp3) is 0.435. The van der Waals surface area contributed by atoms with Crippen molar-refractivity contribution in [3.8, 4) is 0 Å². The number of hydrogen-bond donors (Lipinski definition) is 1. The molecule has 1 aliphatic heterocycles. The molecule has 144 valence electrons. The average molecular weight is 367 g/mol. The van der Waals surface area contributed by atoms with Crippen LogP contribution in [0.15, 0.2) is 48.5 Å². The van der Waals surface area contributed by atoms with Crippen LogP contribution in [0.4, 0.5) is 0 Å². The lowest BCUT2D eigenvalue weighted by atomic mass is 10.0. The first-order chi connectivity index (χ1) is 13.1. The smallest absolute Gasteiger partial charge is 0.251 e. The second-order valence-corrected chi connectivity index (χ2v) is 7.63. The Hall–Kier alpha value is -2.17. The molecule has 0 aromatic heterocycles. The molecule has 0 bridgehead atoms. The van der Waals surface area contributed by atoms with Gasteiger partial charge in [0.05, 0.1) is 13.2 Å². The van der Waals surface area contributed by atoms with Gasteiger partial charge < -0.3 is 10.1 Å². The van der Waals surface area contributed by atoms with Crippen LogP contribution in [0.25, 0.3) is 0 Å². The van der Waals surface area contributed by atoms with Gasteiger partial charge in [-0.2, -0.15) is 0 Å². The van der Waals surface area contributed by atoms with E-state index in [1.165, 1.54) is 16.7 Å². The minimum absolute atomic E-state index is 0.0210. The van der Waals surface area contributed by atoms with Crippen molar-refractivity contribution in [2.45, 2.75) is 33.4 Å². The maximum absolute atomic E-state index is 12.5. The van der Waals surface area contributed by atoms with Crippen molar-refractivity contribution >= 4 is 5.91 Å². The molecule has 3 rings (SSSR count). The van der Waals surface area contributed by atoms with E-state index in [1.54, 1.807) is 0 Å². The molecule has 0 radical (unpaired) electrons. The third-order valence-corrected chi connectivity index (χ3v) is 4.92. The van der Waals surface area contributed by atoms with Gasteiger partial charge in [-0.15, -0.1) is 0 Å². The molecule has 1 saturated heterocycles. The molecule has 2 aromatic carbocycles. The second-order valence-electron chi connectivity index (χ2n) is 7.63. The zero-order chi connectivity index (χ0) is 19.1. The molecule has 4 nitrogen and oxygen atoms in total. The quantitative estimate of drug-likeness (QED) is 0.813. The Kier molecular flexibility index (Phi) is 7.02. The second kappa shape index (κ2) is 9.67. The molecule has 27 heavy (non-hydrogen) atoms. The molecule has 0 unspecified atom stereocenters. The van der Waals surface area contributed by atoms with Crippen LogP contribution in [0.5, 0.6) is 0 Å². The fourth-order valence-electron chi connectivity index (χ4n) is 3.43. The van der Waals surface area contributed by atoms with Crippen molar-refractivity contribution < 1.29 is 9.53 Å². The molecular weight excluding hydrogens is 336 g/mol. The molecule has 1 amide bonds. The van der Waals surface area contributed by atoms with Gasteiger partial charge in [0.2, 0.25) is 0 Å². The summed E-state index contributed by atoms with van der Waals surface area (Å²) in [6, 6.07) is 16.3. The summed E-state index contributed by atoms with van der Waals surface area (Å²) in [5, 5.41) is 3.07. The van der Waals surface area contributed by atoms with Gasteiger partial charge in [0.1, 0.15) is 0 Å². The maximum Gasteiger partial charge on any atom is 0.251 e. The normalized spacial score (nSPS) is 15.1. The highest BCUT2D eigenvalue weighted by molar-refractivity contribution is 5.94. The standard InChI is InChI=1S/C23H30N2O2/c1-18(2)15-19-7-9-20(10-8-19)23(26)24-16-21-5-3-4-6-22(21)17-25-11-13-27-14-12-25/h3-10,18H,11-17H2,1-2H3,(H,24,26). The Morgan fingerprint density at radius 2 is 1.70 bits per heavy atom. The molecule has 1 N–H and O–H groups in total. The van der Waals surface area contributed by atoms with Gasteiger partial charge >= 0.3 is 0 Å². The van der Waals surface area contributed by atoms with Crippen LogP contribution in [0.1, 0.15) is 40.9 Å². The van der Waals surface area contributed by atoms with E-state index >= 15 is 0 Å². The van der Waals surface area contributed by atoms with E-state index in [0.717, 1.165) is 39.3 Å². The first-order valence-corrected chi connectivity index (χ1v) is 9.86. The topological polar surface area (TPSA) is 41.6 Å². The summed E-state index contributed by atoms with van der Waals surface area (Å²) in [6.45, 7) is 9.38. The SMILES string of the molecule is CC(C)Cc1ccc(C(=O)NCc2ccccc2CN2CCOCC2)cc1. The molecule has 1 aliphatic rings. The summed E-state index contributed by atoms with van der Waals surface area (Å²) in [5.74, 6) is 0.597. The van der Waals surface area contributed by atoms with Gasteiger partial charge in [-0.05, 0) is 41.2 Å². The van der Waals surface area contributed by atoms with E-state index in [4.69, 9.17) is 4.74 Å². The van der Waals surface area contributed by atoms with Crippen molar-refractivity contribution in [3.05, 3.63) is 70.8 Å². The molecule has 0 spiro atoms. The maximum atomic E-state index is 12.5. The third kappa shape index (κ3) is 5.91. The number of carbonyl (C=O) groups excluding carboxylic acids is 1. The predicted octanol–water partition coefficient (Wildman–Crippen LogP) is 3.65. The zero-order valence-corrected chi connectivity index (χ0v) is 16.4. The number of benzene rings is 2. The minimum atomic E-state index is -0.0210. The van der Waals surface area contributed by atoms with Gasteiger partial charge in [0, 0.05) is 31.7 Å². The lowest BCUT2D eigenvalue weighted by molar-refractivity contribution is 0.0340. The van der Waals surface area contributed by atoms with Gasteiger partial charge in [-0.25, -0.2) is 0 Å². The Morgan fingerprint density at radius 3 is 2.37 bits per heavy atom. The van der Waals surface area contributed by atoms with Crippen LogP contribution >= 0.6 is 0 Å². The number of hydrogen-bond acceptors (Lipinski definition) is 3. The van der Waals surface area contributed by atoms with E-state index in [1.807, 2.05) is 18.2 Å². The Labute approximate surface area is 162 Å². The van der Waals surface area contributed by atoms with E-state index < -0.39 is 0 Å². The Balaban J connectivity index is 1.58. The first-order valence-electron chi connectivity index (χ1n) is 9.86. The van der Waals surface area contributed by atoms with Gasteiger partial charge in [-0.1, -0.05) is 50.2 Å². The summed E-state index contributed by atoms with van der Waals surface area (Å²) in [7, 11) is 0. The minimum Gasteiger partial charge on any atom is -0.379 e. The molecular formula is C23H30N2O2. The number of ether oxygens (including phenoxy) is 1. The number of rotatable bonds is 7. The molecule has 1 heterocycles. The molecule has 0 aliphatic carbocycles. The number of nitrogens with one attached hydrogen (secondary N) is 1. The van der Waals surface area contributed by atoms with Crippen LogP contribution in [-0.4, -0.2) is 37.1 Å². The van der Waals surface area contributed by atoms with Gasteiger partial charge in [0.15, 0.2) is 0 Å². The zero-order valence-electron chi connectivity index (χ0n) is 16.4. The first kappa shape index (κ1) is 19.6. The van der Waals surface area contributed by atoms with Crippen LogP contribution in [0.3, 0.4) is 0 Å². The summed E-state index contributed by atoms with van der Waals surface area (Å²) in [4.78, 5) is 14.9. The lowest BCUT2D eigenvalue weighted by Gasteiger charge is -2.27.